The maximum Gasteiger partial charge on any atom is 0.0637 e. The average molecular weight is 518 g/mol. The predicted octanol–water partition coefficient (Wildman–Crippen LogP) is 5.44. The largest absolute Gasteiger partial charge is 0.383 e. The van der Waals surface area contributed by atoms with Crippen molar-refractivity contribution in [3.63, 3.8) is 0 Å². The molecule has 0 aromatic heterocycles. The highest BCUT2D eigenvalue weighted by Gasteiger charge is 2.22. The Bertz CT molecular complexity index is 927. The molecule has 0 aliphatic carbocycles. The summed E-state index contributed by atoms with van der Waals surface area (Å²) in [5.74, 6) is 0. The number of nitrogens with one attached hydrogen (secondary N) is 1. The van der Waals surface area contributed by atoms with E-state index in [2.05, 4.69) is 52.4 Å². The molecule has 2 aromatic rings. The third-order valence-electron chi connectivity index (χ3n) is 6.40. The third kappa shape index (κ3) is 7.76. The van der Waals surface area contributed by atoms with Gasteiger partial charge in [-0.25, -0.2) is 0 Å². The first-order chi connectivity index (χ1) is 17.6. The second-order valence-corrected chi connectivity index (χ2v) is 10.0. The van der Waals surface area contributed by atoms with Gasteiger partial charge in [-0.05, 0) is 48.7 Å². The van der Waals surface area contributed by atoms with Gasteiger partial charge in [-0.2, -0.15) is 0 Å². The number of aryl methyl sites for hydroxylation is 1. The van der Waals surface area contributed by atoms with Gasteiger partial charge >= 0.3 is 0 Å². The number of fused-ring (bicyclic) bond motifs is 2. The molecule has 1 aliphatic rings. The number of unbranched alkanes of at least 4 members (excludes halogenated alkanes) is 1. The fourth-order valence-corrected chi connectivity index (χ4v) is 5.43. The Morgan fingerprint density at radius 2 is 1.28 bits per heavy atom. The number of hydrogen-bond acceptors (Lipinski definition) is 8. The van der Waals surface area contributed by atoms with Crippen LogP contribution in [0.15, 0.2) is 40.1 Å². The molecule has 1 N–H and O–H groups in total. The van der Waals surface area contributed by atoms with Crippen molar-refractivity contribution in [2.24, 2.45) is 0 Å². The van der Waals surface area contributed by atoms with Crippen molar-refractivity contribution in [1.82, 2.24) is 0 Å². The molecule has 0 spiro atoms. The van der Waals surface area contributed by atoms with Crippen LogP contribution in [0.5, 0.6) is 0 Å². The van der Waals surface area contributed by atoms with Gasteiger partial charge in [0, 0.05) is 75.8 Å². The van der Waals surface area contributed by atoms with E-state index in [0.29, 0.717) is 26.4 Å². The molecule has 0 unspecified atom stereocenters. The highest BCUT2D eigenvalue weighted by molar-refractivity contribution is 7.99. The molecule has 1 heterocycles. The van der Waals surface area contributed by atoms with Gasteiger partial charge in [-0.3, -0.25) is 0 Å². The summed E-state index contributed by atoms with van der Waals surface area (Å²) in [5, 5.41) is 3.77. The second kappa shape index (κ2) is 15.3. The molecular weight excluding hydrogens is 474 g/mol. The lowest BCUT2D eigenvalue weighted by atomic mass is 10.0. The first-order valence-electron chi connectivity index (χ1n) is 12.9. The standard InChI is InChI=1S/C28H43N3O4S/c1-6-7-8-22-19-24(31(13-17-34-4)14-18-35-5)21-27-28(22)29-25-10-9-23(20-26(25)36-27)30(11-15-32-2)12-16-33-3/h9-10,19-21,29H,6-8,11-18H2,1-5H3. The van der Waals surface area contributed by atoms with E-state index >= 15 is 0 Å². The van der Waals surface area contributed by atoms with Gasteiger partial charge < -0.3 is 34.1 Å². The van der Waals surface area contributed by atoms with Crippen LogP contribution in [0, 0.1) is 0 Å². The van der Waals surface area contributed by atoms with Crippen LogP contribution in [-0.2, 0) is 25.4 Å². The Kier molecular flexibility index (Phi) is 12.2. The van der Waals surface area contributed by atoms with Crippen molar-refractivity contribution in [2.45, 2.75) is 36.0 Å². The summed E-state index contributed by atoms with van der Waals surface area (Å²) in [7, 11) is 7.00. The minimum absolute atomic E-state index is 0.679. The van der Waals surface area contributed by atoms with Crippen LogP contribution >= 0.6 is 11.8 Å². The second-order valence-electron chi connectivity index (χ2n) is 8.93. The van der Waals surface area contributed by atoms with Gasteiger partial charge in [0.2, 0.25) is 0 Å². The fourth-order valence-electron chi connectivity index (χ4n) is 4.32. The number of anilines is 4. The van der Waals surface area contributed by atoms with E-state index in [-0.39, 0.29) is 0 Å². The van der Waals surface area contributed by atoms with Gasteiger partial charge in [-0.15, -0.1) is 0 Å². The molecule has 2 aromatic carbocycles. The molecule has 0 saturated heterocycles. The predicted molar refractivity (Wildman–Crippen MR) is 151 cm³/mol. The van der Waals surface area contributed by atoms with E-state index in [1.807, 2.05) is 11.8 Å². The number of benzene rings is 2. The van der Waals surface area contributed by atoms with Crippen LogP contribution in [-0.4, -0.2) is 81.0 Å². The molecule has 0 bridgehead atoms. The Hall–Kier alpha value is -1.97. The minimum Gasteiger partial charge on any atom is -0.383 e. The molecule has 0 atom stereocenters. The fraction of sp³-hybridized carbons (Fsp3) is 0.571. The summed E-state index contributed by atoms with van der Waals surface area (Å²) < 4.78 is 21.5. The summed E-state index contributed by atoms with van der Waals surface area (Å²) in [4.78, 5) is 7.19. The van der Waals surface area contributed by atoms with Crippen molar-refractivity contribution in [3.8, 4) is 0 Å². The maximum atomic E-state index is 5.40. The van der Waals surface area contributed by atoms with Crippen LogP contribution in [0.25, 0.3) is 0 Å². The number of nitrogens with zero attached hydrogens (tertiary/aromatic N) is 2. The van der Waals surface area contributed by atoms with Gasteiger partial charge in [0.05, 0.1) is 37.8 Å². The van der Waals surface area contributed by atoms with Gasteiger partial charge in [-0.1, -0.05) is 25.1 Å². The zero-order valence-electron chi connectivity index (χ0n) is 22.6. The Morgan fingerprint density at radius 3 is 1.83 bits per heavy atom. The van der Waals surface area contributed by atoms with Crippen LogP contribution in [0.4, 0.5) is 22.7 Å². The first kappa shape index (κ1) is 28.6. The summed E-state index contributed by atoms with van der Waals surface area (Å²) in [6.07, 6.45) is 3.39. The number of rotatable bonds is 17. The van der Waals surface area contributed by atoms with E-state index in [0.717, 1.165) is 44.7 Å². The lowest BCUT2D eigenvalue weighted by molar-refractivity contribution is 0.190. The van der Waals surface area contributed by atoms with Gasteiger partial charge in [0.15, 0.2) is 0 Å². The highest BCUT2D eigenvalue weighted by atomic mass is 32.2. The maximum absolute atomic E-state index is 5.40. The van der Waals surface area contributed by atoms with Crippen molar-refractivity contribution >= 4 is 34.5 Å². The molecular formula is C28H43N3O4S. The molecule has 0 radical (unpaired) electrons. The Labute approximate surface area is 221 Å². The Balaban J connectivity index is 1.93. The van der Waals surface area contributed by atoms with Crippen LogP contribution in [0.1, 0.15) is 25.3 Å². The SMILES string of the molecule is CCCCc1cc(N(CCOC)CCOC)cc2c1Nc1ccc(N(CCOC)CCOC)cc1S2. The molecule has 8 heteroatoms. The van der Waals surface area contributed by atoms with Crippen molar-refractivity contribution in [3.05, 3.63) is 35.9 Å². The molecule has 0 saturated carbocycles. The summed E-state index contributed by atoms with van der Waals surface area (Å²) >= 11 is 1.85. The van der Waals surface area contributed by atoms with E-state index < -0.39 is 0 Å². The smallest absolute Gasteiger partial charge is 0.0637 e. The molecule has 7 nitrogen and oxygen atoms in total. The molecule has 200 valence electrons. The van der Waals surface area contributed by atoms with E-state index in [1.54, 1.807) is 28.4 Å². The van der Waals surface area contributed by atoms with Gasteiger partial charge in [0.25, 0.3) is 0 Å². The van der Waals surface area contributed by atoms with Crippen LogP contribution in [0.2, 0.25) is 0 Å². The zero-order valence-corrected chi connectivity index (χ0v) is 23.4. The van der Waals surface area contributed by atoms with Crippen LogP contribution in [0.3, 0.4) is 0 Å². The summed E-state index contributed by atoms with van der Waals surface area (Å²) in [6.45, 7) is 8.28. The molecule has 3 rings (SSSR count). The number of hydrogen-bond donors (Lipinski definition) is 1. The lowest BCUT2D eigenvalue weighted by Gasteiger charge is -2.30. The van der Waals surface area contributed by atoms with E-state index in [1.165, 1.54) is 38.8 Å². The Morgan fingerprint density at radius 1 is 0.722 bits per heavy atom. The summed E-state index contributed by atoms with van der Waals surface area (Å²) in [5.41, 5.74) is 6.19. The monoisotopic (exact) mass is 517 g/mol. The first-order valence-corrected chi connectivity index (χ1v) is 13.7. The number of ether oxygens (including phenoxy) is 4. The topological polar surface area (TPSA) is 55.4 Å². The van der Waals surface area contributed by atoms with Crippen molar-refractivity contribution in [2.75, 3.05) is 96.2 Å². The third-order valence-corrected chi connectivity index (χ3v) is 7.50. The van der Waals surface area contributed by atoms with E-state index in [4.69, 9.17) is 18.9 Å². The molecule has 0 amide bonds. The van der Waals surface area contributed by atoms with Crippen molar-refractivity contribution in [1.29, 1.82) is 0 Å². The quantitative estimate of drug-likeness (QED) is 0.254. The molecule has 36 heavy (non-hydrogen) atoms. The van der Waals surface area contributed by atoms with Crippen LogP contribution < -0.4 is 15.1 Å². The van der Waals surface area contributed by atoms with Gasteiger partial charge in [0.1, 0.15) is 0 Å². The summed E-state index contributed by atoms with van der Waals surface area (Å²) in [6, 6.07) is 11.3. The average Bonchev–Trinajstić information content (AvgIpc) is 2.90. The minimum atomic E-state index is 0.679. The normalized spacial score (nSPS) is 12.1. The van der Waals surface area contributed by atoms with E-state index in [9.17, 15) is 0 Å². The highest BCUT2D eigenvalue weighted by Crippen LogP contribution is 2.48. The number of methoxy groups -OCH3 is 4. The molecule has 1 aliphatic heterocycles. The molecule has 0 fully saturated rings. The zero-order chi connectivity index (χ0) is 25.8. The van der Waals surface area contributed by atoms with Crippen molar-refractivity contribution < 1.29 is 18.9 Å². The lowest BCUT2D eigenvalue weighted by Crippen LogP contribution is -2.31.